The molecule has 0 aromatic heterocycles. The maximum Gasteiger partial charge on any atom is 0.408 e. The van der Waals surface area contributed by atoms with Crippen LogP contribution in [0.3, 0.4) is 0 Å². The van der Waals surface area contributed by atoms with Crippen molar-refractivity contribution in [2.45, 2.75) is 89.4 Å². The molecular formula is C34H42ClFN4O6. The molecule has 0 radical (unpaired) electrons. The summed E-state index contributed by atoms with van der Waals surface area (Å²) >= 11 is 6.27. The van der Waals surface area contributed by atoms with E-state index in [-0.39, 0.29) is 30.7 Å². The molecule has 4 amide bonds. The Morgan fingerprint density at radius 1 is 1.02 bits per heavy atom. The third-order valence-electron chi connectivity index (χ3n) is 8.39. The summed E-state index contributed by atoms with van der Waals surface area (Å²) in [7, 11) is 0. The first kappa shape index (κ1) is 34.9. The molecule has 248 valence electrons. The van der Waals surface area contributed by atoms with Crippen LogP contribution >= 0.6 is 11.6 Å². The molecule has 0 spiro atoms. The highest BCUT2D eigenvalue weighted by atomic mass is 35.5. The van der Waals surface area contributed by atoms with E-state index in [9.17, 15) is 28.4 Å². The molecule has 1 heterocycles. The Labute approximate surface area is 273 Å². The lowest BCUT2D eigenvalue weighted by Crippen LogP contribution is -2.55. The number of alkyl carbamates (subject to hydrolysis) is 1. The summed E-state index contributed by atoms with van der Waals surface area (Å²) in [5.74, 6) is -3.64. The lowest BCUT2D eigenvalue weighted by atomic mass is 9.76. The summed E-state index contributed by atoms with van der Waals surface area (Å²) in [6.45, 7) is 7.90. The fourth-order valence-corrected chi connectivity index (χ4v) is 5.79. The minimum Gasteiger partial charge on any atom is -0.440 e. The molecule has 2 aromatic rings. The van der Waals surface area contributed by atoms with Gasteiger partial charge in [-0.3, -0.25) is 19.2 Å². The molecule has 4 rings (SSSR count). The zero-order valence-corrected chi connectivity index (χ0v) is 27.3. The van der Waals surface area contributed by atoms with Gasteiger partial charge in [-0.2, -0.15) is 0 Å². The van der Waals surface area contributed by atoms with Crippen molar-refractivity contribution >= 4 is 41.2 Å². The topological polar surface area (TPSA) is 143 Å². The Morgan fingerprint density at radius 2 is 1.72 bits per heavy atom. The standard InChI is InChI=1S/C34H42ClFN4O6/c1-19(2)16-27(31(43)39-26(17-21-14-15-37-30(21)42)28(41)32(44)38-25-12-13-25)40-33(45)46-29(20-8-10-24(36)11-9-20)34(3,4)22-6-5-7-23(35)18-22/h5-11,18-19,21,25-27,29H,12-17H2,1-4H3,(H,37,42)(H,38,44)(H,39,43)(H,40,45). The molecule has 4 N–H and O–H groups in total. The third kappa shape index (κ3) is 9.28. The number of rotatable bonds is 14. The lowest BCUT2D eigenvalue weighted by Gasteiger charge is -2.35. The van der Waals surface area contributed by atoms with Gasteiger partial charge in [0.2, 0.25) is 17.6 Å². The van der Waals surface area contributed by atoms with E-state index >= 15 is 0 Å². The van der Waals surface area contributed by atoms with Crippen molar-refractivity contribution in [3.05, 3.63) is 70.5 Å². The van der Waals surface area contributed by atoms with Crippen LogP contribution in [0.15, 0.2) is 48.5 Å². The van der Waals surface area contributed by atoms with Gasteiger partial charge in [0.1, 0.15) is 18.0 Å². The number of Topliss-reactive ketones (excluding diaryl/α,β-unsaturated/α-hetero) is 1. The van der Waals surface area contributed by atoms with Crippen molar-refractivity contribution in [3.8, 4) is 0 Å². The van der Waals surface area contributed by atoms with Gasteiger partial charge in [-0.1, -0.05) is 63.6 Å². The minimum absolute atomic E-state index is 0.0478. The second-order valence-corrected chi connectivity index (χ2v) is 13.5. The van der Waals surface area contributed by atoms with Crippen molar-refractivity contribution in [3.63, 3.8) is 0 Å². The Bertz CT molecular complexity index is 1450. The number of halogens is 2. The number of hydrogen-bond acceptors (Lipinski definition) is 6. The molecule has 10 nitrogen and oxygen atoms in total. The first-order valence-corrected chi connectivity index (χ1v) is 16.0. The number of carbonyl (C=O) groups is 5. The Hall–Kier alpha value is -3.99. The zero-order valence-electron chi connectivity index (χ0n) is 26.5. The molecule has 1 aliphatic heterocycles. The fourth-order valence-electron chi connectivity index (χ4n) is 5.60. The van der Waals surface area contributed by atoms with Crippen LogP contribution in [0, 0.1) is 17.7 Å². The van der Waals surface area contributed by atoms with E-state index in [2.05, 4.69) is 21.3 Å². The molecular weight excluding hydrogens is 615 g/mol. The second-order valence-electron chi connectivity index (χ2n) is 13.1. The van der Waals surface area contributed by atoms with Crippen LogP contribution in [-0.4, -0.2) is 54.3 Å². The fraction of sp³-hybridized carbons (Fsp3) is 0.500. The predicted octanol–water partition coefficient (Wildman–Crippen LogP) is 4.50. The van der Waals surface area contributed by atoms with E-state index in [1.807, 2.05) is 33.8 Å². The number of ether oxygens (including phenoxy) is 1. The van der Waals surface area contributed by atoms with Crippen LogP contribution in [0.25, 0.3) is 0 Å². The van der Waals surface area contributed by atoms with Gasteiger partial charge in [0.15, 0.2) is 0 Å². The molecule has 2 aromatic carbocycles. The molecule has 4 unspecified atom stereocenters. The summed E-state index contributed by atoms with van der Waals surface area (Å²) in [6.07, 6.45) is 0.334. The third-order valence-corrected chi connectivity index (χ3v) is 8.62. The van der Waals surface area contributed by atoms with Crippen molar-refractivity contribution in [2.24, 2.45) is 11.8 Å². The van der Waals surface area contributed by atoms with Gasteiger partial charge in [0.05, 0.1) is 6.04 Å². The Morgan fingerprint density at radius 3 is 2.30 bits per heavy atom. The van der Waals surface area contributed by atoms with E-state index in [1.54, 1.807) is 18.2 Å². The van der Waals surface area contributed by atoms with Gasteiger partial charge in [-0.25, -0.2) is 9.18 Å². The summed E-state index contributed by atoms with van der Waals surface area (Å²) in [6, 6.07) is 10.2. The van der Waals surface area contributed by atoms with Gasteiger partial charge in [0.25, 0.3) is 5.91 Å². The van der Waals surface area contributed by atoms with E-state index in [4.69, 9.17) is 16.3 Å². The summed E-state index contributed by atoms with van der Waals surface area (Å²) in [5.41, 5.74) is 0.443. The van der Waals surface area contributed by atoms with Crippen LogP contribution in [0.5, 0.6) is 0 Å². The molecule has 2 aliphatic rings. The average Bonchev–Trinajstić information content (AvgIpc) is 3.73. The highest BCUT2D eigenvalue weighted by Gasteiger charge is 2.39. The van der Waals surface area contributed by atoms with Gasteiger partial charge in [-0.05, 0) is 73.4 Å². The maximum atomic E-state index is 13.8. The number of ketones is 1. The largest absolute Gasteiger partial charge is 0.440 e. The molecule has 1 aliphatic carbocycles. The van der Waals surface area contributed by atoms with Gasteiger partial charge >= 0.3 is 6.09 Å². The number of benzene rings is 2. The van der Waals surface area contributed by atoms with Crippen molar-refractivity contribution in [2.75, 3.05) is 6.54 Å². The Balaban J connectivity index is 1.54. The monoisotopic (exact) mass is 656 g/mol. The SMILES string of the molecule is CC(C)CC(NC(=O)OC(c1ccc(F)cc1)C(C)(C)c1cccc(Cl)c1)C(=O)NC(CC1CCNC1=O)C(=O)C(=O)NC1CC1. The minimum atomic E-state index is -1.26. The number of amides is 4. The molecule has 0 bridgehead atoms. The highest BCUT2D eigenvalue weighted by molar-refractivity contribution is 6.38. The van der Waals surface area contributed by atoms with Crippen LogP contribution < -0.4 is 21.3 Å². The number of hydrogen-bond donors (Lipinski definition) is 4. The molecule has 1 saturated carbocycles. The van der Waals surface area contributed by atoms with Crippen molar-refractivity contribution in [1.29, 1.82) is 0 Å². The van der Waals surface area contributed by atoms with Crippen molar-refractivity contribution < 1.29 is 33.1 Å². The summed E-state index contributed by atoms with van der Waals surface area (Å²) in [4.78, 5) is 65.4. The van der Waals surface area contributed by atoms with Crippen LogP contribution in [0.4, 0.5) is 9.18 Å². The van der Waals surface area contributed by atoms with E-state index in [0.29, 0.717) is 23.6 Å². The maximum absolute atomic E-state index is 13.8. The van der Waals surface area contributed by atoms with Crippen LogP contribution in [0.2, 0.25) is 5.02 Å². The quantitative estimate of drug-likeness (QED) is 0.221. The lowest BCUT2D eigenvalue weighted by molar-refractivity contribution is -0.141. The van der Waals surface area contributed by atoms with E-state index in [1.165, 1.54) is 24.3 Å². The van der Waals surface area contributed by atoms with Gasteiger partial charge in [0, 0.05) is 28.9 Å². The number of nitrogens with one attached hydrogen (secondary N) is 4. The molecule has 1 saturated heterocycles. The zero-order chi connectivity index (χ0) is 33.6. The smallest absolute Gasteiger partial charge is 0.408 e. The predicted molar refractivity (Wildman–Crippen MR) is 170 cm³/mol. The molecule has 12 heteroatoms. The summed E-state index contributed by atoms with van der Waals surface area (Å²) in [5, 5.41) is 11.1. The highest BCUT2D eigenvalue weighted by Crippen LogP contribution is 2.40. The van der Waals surface area contributed by atoms with Crippen LogP contribution in [-0.2, 0) is 29.3 Å². The van der Waals surface area contributed by atoms with Gasteiger partial charge in [-0.15, -0.1) is 0 Å². The first-order valence-electron chi connectivity index (χ1n) is 15.7. The first-order chi connectivity index (χ1) is 21.7. The van der Waals surface area contributed by atoms with Crippen molar-refractivity contribution in [1.82, 2.24) is 21.3 Å². The molecule has 4 atom stereocenters. The second kappa shape index (κ2) is 15.1. The molecule has 2 fully saturated rings. The molecule has 46 heavy (non-hydrogen) atoms. The summed E-state index contributed by atoms with van der Waals surface area (Å²) < 4.78 is 19.8. The normalized spacial score (nSPS) is 18.2. The number of carbonyl (C=O) groups excluding carboxylic acids is 5. The van der Waals surface area contributed by atoms with Gasteiger partial charge < -0.3 is 26.0 Å². The van der Waals surface area contributed by atoms with Crippen LogP contribution in [0.1, 0.15) is 77.0 Å². The van der Waals surface area contributed by atoms with E-state index < -0.39 is 59.0 Å². The Kier molecular flexibility index (Phi) is 11.4. The average molecular weight is 657 g/mol. The van der Waals surface area contributed by atoms with E-state index in [0.717, 1.165) is 18.4 Å².